The van der Waals surface area contributed by atoms with Gasteiger partial charge in [0.15, 0.2) is 0 Å². The van der Waals surface area contributed by atoms with Crippen molar-refractivity contribution >= 4 is 26.7 Å². The van der Waals surface area contributed by atoms with E-state index in [1.807, 2.05) is 30.3 Å². The maximum absolute atomic E-state index is 12.8. The molecule has 0 aliphatic carbocycles. The van der Waals surface area contributed by atoms with Crippen LogP contribution in [0.5, 0.6) is 0 Å². The van der Waals surface area contributed by atoms with E-state index in [4.69, 9.17) is 0 Å². The first kappa shape index (κ1) is 19.7. The molecule has 1 aliphatic heterocycles. The minimum absolute atomic E-state index is 0.346. The summed E-state index contributed by atoms with van der Waals surface area (Å²) in [6.07, 6.45) is 7.15. The first-order chi connectivity index (χ1) is 15.1. The normalized spacial score (nSPS) is 14.8. The fourth-order valence-electron chi connectivity index (χ4n) is 3.98. The second-order valence-electron chi connectivity index (χ2n) is 7.65. The average Bonchev–Trinajstić information content (AvgIpc) is 3.49. The van der Waals surface area contributed by atoms with E-state index in [2.05, 4.69) is 26.3 Å². The summed E-state index contributed by atoms with van der Waals surface area (Å²) < 4.78 is 27.1. The van der Waals surface area contributed by atoms with Gasteiger partial charge >= 0.3 is 0 Å². The number of nitrogens with one attached hydrogen (secondary N) is 2. The van der Waals surface area contributed by atoms with E-state index in [1.165, 1.54) is 0 Å². The number of aromatic amines is 1. The summed E-state index contributed by atoms with van der Waals surface area (Å²) in [5.41, 5.74) is 4.72. The second kappa shape index (κ2) is 8.13. The highest BCUT2D eigenvalue weighted by Gasteiger charge is 2.27. The van der Waals surface area contributed by atoms with E-state index >= 15 is 0 Å². The third-order valence-corrected chi connectivity index (χ3v) is 7.51. The van der Waals surface area contributed by atoms with E-state index in [0.29, 0.717) is 24.5 Å². The molecule has 1 aliphatic rings. The fraction of sp³-hybridized carbons (Fsp3) is 0.217. The average molecular weight is 434 g/mol. The van der Waals surface area contributed by atoms with Gasteiger partial charge < -0.3 is 10.3 Å². The fourth-order valence-corrected chi connectivity index (χ4v) is 5.49. The number of hydrogen-bond donors (Lipinski definition) is 2. The predicted octanol–water partition coefficient (Wildman–Crippen LogP) is 4.02. The minimum Gasteiger partial charge on any atom is -0.378 e. The Balaban J connectivity index is 1.41. The summed E-state index contributed by atoms with van der Waals surface area (Å²) in [7, 11) is -3.41. The lowest BCUT2D eigenvalue weighted by Gasteiger charge is -2.15. The van der Waals surface area contributed by atoms with Crippen LogP contribution in [0.4, 0.5) is 5.69 Å². The van der Waals surface area contributed by atoms with Gasteiger partial charge in [-0.25, -0.2) is 13.4 Å². The largest absolute Gasteiger partial charge is 0.378 e. The molecule has 8 heteroatoms. The summed E-state index contributed by atoms with van der Waals surface area (Å²) in [5.74, 6) is 0. The lowest BCUT2D eigenvalue weighted by Crippen LogP contribution is -2.27. The molecule has 4 aromatic rings. The molecule has 158 valence electrons. The number of pyridine rings is 2. The highest BCUT2D eigenvalue weighted by molar-refractivity contribution is 7.89. The highest BCUT2D eigenvalue weighted by Crippen LogP contribution is 2.30. The molecule has 4 heterocycles. The molecular formula is C23H23N5O2S. The van der Waals surface area contributed by atoms with Crippen LogP contribution in [0, 0.1) is 0 Å². The van der Waals surface area contributed by atoms with Gasteiger partial charge in [-0.05, 0) is 60.4 Å². The molecule has 0 spiro atoms. The lowest BCUT2D eigenvalue weighted by molar-refractivity contribution is 0.477. The molecule has 1 saturated heterocycles. The third-order valence-electron chi connectivity index (χ3n) is 5.60. The number of benzene rings is 1. The van der Waals surface area contributed by atoms with Crippen LogP contribution in [0.1, 0.15) is 18.5 Å². The first-order valence-electron chi connectivity index (χ1n) is 10.3. The van der Waals surface area contributed by atoms with Crippen molar-refractivity contribution in [2.75, 3.05) is 18.4 Å². The Morgan fingerprint density at radius 2 is 1.84 bits per heavy atom. The van der Waals surface area contributed by atoms with Crippen molar-refractivity contribution in [1.82, 2.24) is 19.3 Å². The molecule has 5 rings (SSSR count). The van der Waals surface area contributed by atoms with Gasteiger partial charge in [0.2, 0.25) is 10.0 Å². The Morgan fingerprint density at radius 1 is 1.03 bits per heavy atom. The van der Waals surface area contributed by atoms with Crippen molar-refractivity contribution in [3.8, 4) is 11.1 Å². The van der Waals surface area contributed by atoms with Crippen molar-refractivity contribution in [3.63, 3.8) is 0 Å². The van der Waals surface area contributed by atoms with E-state index in [1.54, 1.807) is 35.0 Å². The van der Waals surface area contributed by atoms with Crippen LogP contribution in [0.15, 0.2) is 72.0 Å². The maximum atomic E-state index is 12.8. The van der Waals surface area contributed by atoms with E-state index in [-0.39, 0.29) is 0 Å². The van der Waals surface area contributed by atoms with Gasteiger partial charge in [0.1, 0.15) is 5.65 Å². The number of sulfonamides is 1. The molecule has 2 N–H and O–H groups in total. The Kier molecular flexibility index (Phi) is 5.17. The highest BCUT2D eigenvalue weighted by atomic mass is 32.2. The summed E-state index contributed by atoms with van der Waals surface area (Å²) in [6, 6.07) is 15.0. The number of aromatic nitrogens is 3. The minimum atomic E-state index is -3.41. The molecule has 1 fully saturated rings. The van der Waals surface area contributed by atoms with Crippen LogP contribution in [0.3, 0.4) is 0 Å². The number of hydrogen-bond acceptors (Lipinski definition) is 5. The van der Waals surface area contributed by atoms with Crippen molar-refractivity contribution in [1.29, 1.82) is 0 Å². The van der Waals surface area contributed by atoms with Crippen molar-refractivity contribution in [2.45, 2.75) is 24.3 Å². The smallest absolute Gasteiger partial charge is 0.243 e. The molecule has 0 saturated carbocycles. The van der Waals surface area contributed by atoms with Crippen molar-refractivity contribution < 1.29 is 8.42 Å². The van der Waals surface area contributed by atoms with Gasteiger partial charge in [0, 0.05) is 42.8 Å². The van der Waals surface area contributed by atoms with E-state index < -0.39 is 10.0 Å². The summed E-state index contributed by atoms with van der Waals surface area (Å²) in [4.78, 5) is 12.3. The van der Waals surface area contributed by atoms with E-state index in [9.17, 15) is 8.42 Å². The molecule has 7 nitrogen and oxygen atoms in total. The zero-order chi connectivity index (χ0) is 21.3. The Labute approximate surface area is 181 Å². The molecule has 3 aromatic heterocycles. The Bertz CT molecular complexity index is 1300. The summed E-state index contributed by atoms with van der Waals surface area (Å²) >= 11 is 0. The molecular weight excluding hydrogens is 410 g/mol. The molecule has 0 radical (unpaired) electrons. The van der Waals surface area contributed by atoms with Gasteiger partial charge in [-0.2, -0.15) is 4.31 Å². The molecule has 1 aromatic carbocycles. The Morgan fingerprint density at radius 3 is 2.58 bits per heavy atom. The topological polar surface area (TPSA) is 91.0 Å². The van der Waals surface area contributed by atoms with Gasteiger partial charge in [-0.1, -0.05) is 12.1 Å². The number of nitrogens with zero attached hydrogens (tertiary/aromatic N) is 3. The molecule has 0 amide bonds. The summed E-state index contributed by atoms with van der Waals surface area (Å²) in [5, 5.41) is 4.34. The second-order valence-corrected chi connectivity index (χ2v) is 9.58. The molecule has 0 unspecified atom stereocenters. The number of fused-ring (bicyclic) bond motifs is 1. The first-order valence-corrected chi connectivity index (χ1v) is 11.8. The zero-order valence-electron chi connectivity index (χ0n) is 17.0. The lowest BCUT2D eigenvalue weighted by atomic mass is 10.0. The zero-order valence-corrected chi connectivity index (χ0v) is 17.8. The number of H-pyrrole nitrogens is 1. The van der Waals surface area contributed by atoms with Crippen LogP contribution in [-0.4, -0.2) is 40.8 Å². The van der Waals surface area contributed by atoms with Gasteiger partial charge in [-0.3, -0.25) is 4.98 Å². The molecule has 0 atom stereocenters. The van der Waals surface area contributed by atoms with Crippen molar-refractivity contribution in [3.05, 3.63) is 72.8 Å². The molecule has 0 bridgehead atoms. The van der Waals surface area contributed by atoms with Crippen LogP contribution in [0.25, 0.3) is 22.2 Å². The van der Waals surface area contributed by atoms with Gasteiger partial charge in [0.25, 0.3) is 0 Å². The SMILES string of the molecule is O=S(=O)(c1ccc(-c2ccnc3[nH]c(CNc4cccnc4)cc23)cc1)N1CCCC1. The van der Waals surface area contributed by atoms with Crippen LogP contribution in [0.2, 0.25) is 0 Å². The Hall–Kier alpha value is -3.23. The van der Waals surface area contributed by atoms with Gasteiger partial charge in [-0.15, -0.1) is 0 Å². The standard InChI is InChI=1S/C23H23N5O2S/c29-31(30,28-12-1-2-13-28)20-7-5-17(6-8-20)21-9-11-25-23-22(21)14-19(27-23)16-26-18-4-3-10-24-15-18/h3-11,14-15,26H,1-2,12-13,16H2,(H,25,27). The van der Waals surface area contributed by atoms with Gasteiger partial charge in [0.05, 0.1) is 17.1 Å². The molecule has 31 heavy (non-hydrogen) atoms. The van der Waals surface area contributed by atoms with Crippen LogP contribution in [-0.2, 0) is 16.6 Å². The maximum Gasteiger partial charge on any atom is 0.243 e. The summed E-state index contributed by atoms with van der Waals surface area (Å²) in [6.45, 7) is 1.83. The monoisotopic (exact) mass is 433 g/mol. The quantitative estimate of drug-likeness (QED) is 0.479. The number of anilines is 1. The van der Waals surface area contributed by atoms with Crippen LogP contribution < -0.4 is 5.32 Å². The van der Waals surface area contributed by atoms with Crippen LogP contribution >= 0.6 is 0 Å². The predicted molar refractivity (Wildman–Crippen MR) is 121 cm³/mol. The third kappa shape index (κ3) is 3.92. The number of rotatable bonds is 6. The van der Waals surface area contributed by atoms with E-state index in [0.717, 1.165) is 46.4 Å². The van der Waals surface area contributed by atoms with Crippen molar-refractivity contribution in [2.24, 2.45) is 0 Å².